The van der Waals surface area contributed by atoms with Gasteiger partial charge in [0.05, 0.1) is 4.90 Å². The van der Waals surface area contributed by atoms with E-state index in [2.05, 4.69) is 21.8 Å². The topological polar surface area (TPSA) is 82.3 Å². The van der Waals surface area contributed by atoms with Crippen LogP contribution in [0.15, 0.2) is 96.0 Å². The molecule has 6 nitrogen and oxygen atoms in total. The molecule has 1 aromatic heterocycles. The average molecular weight is 472 g/mol. The average Bonchev–Trinajstić information content (AvgIpc) is 3.32. The number of amides is 1. The molecule has 3 aromatic carbocycles. The lowest BCUT2D eigenvalue weighted by Crippen LogP contribution is -2.34. The number of rotatable bonds is 6. The molecule has 1 amide bonds. The van der Waals surface area contributed by atoms with Gasteiger partial charge >= 0.3 is 0 Å². The van der Waals surface area contributed by atoms with E-state index >= 15 is 0 Å². The van der Waals surface area contributed by atoms with Crippen molar-refractivity contribution in [3.05, 3.63) is 108 Å². The number of aromatic amines is 1. The molecule has 0 saturated carbocycles. The second-order valence-corrected chi connectivity index (χ2v) is 10.1. The maximum atomic E-state index is 13.1. The number of aromatic nitrogens is 1. The van der Waals surface area contributed by atoms with Gasteiger partial charge in [0, 0.05) is 47.9 Å². The minimum absolute atomic E-state index is 0.0846. The lowest BCUT2D eigenvalue weighted by Gasteiger charge is -2.26. The zero-order valence-corrected chi connectivity index (χ0v) is 19.4. The van der Waals surface area contributed by atoms with Crippen molar-refractivity contribution in [1.29, 1.82) is 0 Å². The molecular weight excluding hydrogens is 446 g/mol. The summed E-state index contributed by atoms with van der Waals surface area (Å²) < 4.78 is 28.2. The van der Waals surface area contributed by atoms with Gasteiger partial charge in [-0.25, -0.2) is 13.1 Å². The fraction of sp³-hybridized carbons (Fsp3) is 0.148. The molecule has 0 spiro atoms. The van der Waals surface area contributed by atoms with E-state index in [1.165, 1.54) is 28.7 Å². The van der Waals surface area contributed by atoms with Gasteiger partial charge < -0.3 is 9.88 Å². The molecule has 0 aliphatic carbocycles. The van der Waals surface area contributed by atoms with Crippen molar-refractivity contribution >= 4 is 32.4 Å². The fourth-order valence-corrected chi connectivity index (χ4v) is 5.34. The van der Waals surface area contributed by atoms with Crippen molar-refractivity contribution in [2.45, 2.75) is 17.9 Å². The van der Waals surface area contributed by atoms with Gasteiger partial charge in [0.1, 0.15) is 0 Å². The molecule has 4 aromatic rings. The smallest absolute Gasteiger partial charge is 0.254 e. The van der Waals surface area contributed by atoms with Crippen LogP contribution in [0.3, 0.4) is 0 Å². The summed E-state index contributed by atoms with van der Waals surface area (Å²) >= 11 is 0. The third-order valence-corrected chi connectivity index (χ3v) is 7.53. The van der Waals surface area contributed by atoms with E-state index in [1.54, 1.807) is 17.0 Å². The van der Waals surface area contributed by atoms with Gasteiger partial charge in [0.25, 0.3) is 5.91 Å². The van der Waals surface area contributed by atoms with Crippen LogP contribution in [0.25, 0.3) is 16.5 Å². The molecule has 0 fully saturated rings. The third-order valence-electron chi connectivity index (χ3n) is 6.13. The third kappa shape index (κ3) is 4.53. The first-order valence-corrected chi connectivity index (χ1v) is 12.7. The number of nitrogens with one attached hydrogen (secondary N) is 2. The first-order chi connectivity index (χ1) is 16.5. The summed E-state index contributed by atoms with van der Waals surface area (Å²) in [6, 6.07) is 23.7. The number of carbonyl (C=O) groups excluding carboxylic acids is 1. The van der Waals surface area contributed by atoms with Gasteiger partial charge in [-0.1, -0.05) is 60.7 Å². The number of para-hydroxylation sites is 1. The normalized spacial score (nSPS) is 14.2. The van der Waals surface area contributed by atoms with Crippen LogP contribution in [0.5, 0.6) is 0 Å². The first kappa shape index (κ1) is 22.1. The van der Waals surface area contributed by atoms with E-state index in [9.17, 15) is 13.2 Å². The number of hydrogen-bond acceptors (Lipinski definition) is 3. The summed E-state index contributed by atoms with van der Waals surface area (Å²) in [7, 11) is -3.74. The standard InChI is InChI=1S/C27H25N3O3S/c31-27(30-15-13-21(14-16-30)25-19-28-26-12-5-4-11-24(25)26)22-9-6-10-23(17-22)34(32,33)29-18-20-7-2-1-3-8-20/h1-13,17,19,28-29H,14-16,18H2. The van der Waals surface area contributed by atoms with Gasteiger partial charge in [0.15, 0.2) is 0 Å². The van der Waals surface area contributed by atoms with Crippen molar-refractivity contribution in [2.24, 2.45) is 0 Å². The van der Waals surface area contributed by atoms with Crippen LogP contribution in [-0.4, -0.2) is 37.3 Å². The van der Waals surface area contributed by atoms with Crippen molar-refractivity contribution in [1.82, 2.24) is 14.6 Å². The van der Waals surface area contributed by atoms with Crippen LogP contribution in [0.1, 0.15) is 27.9 Å². The lowest BCUT2D eigenvalue weighted by atomic mass is 9.98. The summed E-state index contributed by atoms with van der Waals surface area (Å²) in [4.78, 5) is 18.3. The van der Waals surface area contributed by atoms with Gasteiger partial charge in [-0.3, -0.25) is 4.79 Å². The predicted octanol–water partition coefficient (Wildman–Crippen LogP) is 4.58. The second kappa shape index (κ2) is 9.29. The zero-order chi connectivity index (χ0) is 23.5. The Morgan fingerprint density at radius 2 is 1.76 bits per heavy atom. The zero-order valence-electron chi connectivity index (χ0n) is 18.6. The lowest BCUT2D eigenvalue weighted by molar-refractivity contribution is 0.0772. The van der Waals surface area contributed by atoms with Crippen molar-refractivity contribution in [2.75, 3.05) is 13.1 Å². The van der Waals surface area contributed by atoms with Gasteiger partial charge in [0.2, 0.25) is 10.0 Å². The Morgan fingerprint density at radius 1 is 0.971 bits per heavy atom. The molecule has 7 heteroatoms. The highest BCUT2D eigenvalue weighted by Gasteiger charge is 2.22. The monoisotopic (exact) mass is 471 g/mol. The Bertz CT molecular complexity index is 1470. The molecule has 2 N–H and O–H groups in total. The first-order valence-electron chi connectivity index (χ1n) is 11.2. The van der Waals surface area contributed by atoms with Crippen LogP contribution in [-0.2, 0) is 16.6 Å². The van der Waals surface area contributed by atoms with E-state index in [0.29, 0.717) is 18.7 Å². The minimum Gasteiger partial charge on any atom is -0.361 e. The predicted molar refractivity (Wildman–Crippen MR) is 134 cm³/mol. The Balaban J connectivity index is 1.29. The molecule has 1 aliphatic rings. The molecule has 0 bridgehead atoms. The number of sulfonamides is 1. The van der Waals surface area contributed by atoms with Crippen molar-refractivity contribution < 1.29 is 13.2 Å². The van der Waals surface area contributed by atoms with Crippen LogP contribution in [0.2, 0.25) is 0 Å². The van der Waals surface area contributed by atoms with Crippen LogP contribution >= 0.6 is 0 Å². The Labute approximate surface area is 199 Å². The molecular formula is C27H25N3O3S. The largest absolute Gasteiger partial charge is 0.361 e. The maximum absolute atomic E-state index is 13.1. The number of fused-ring (bicyclic) bond motifs is 1. The number of benzene rings is 3. The Kier molecular flexibility index (Phi) is 6.04. The number of hydrogen-bond donors (Lipinski definition) is 2. The summed E-state index contributed by atoms with van der Waals surface area (Å²) in [5.41, 5.74) is 4.70. The molecule has 1 aliphatic heterocycles. The molecule has 0 unspecified atom stereocenters. The SMILES string of the molecule is O=C(c1cccc(S(=O)(=O)NCc2ccccc2)c1)N1CC=C(c2c[nH]c3ccccc23)CC1. The van der Waals surface area contributed by atoms with E-state index in [-0.39, 0.29) is 17.3 Å². The highest BCUT2D eigenvalue weighted by atomic mass is 32.2. The van der Waals surface area contributed by atoms with Crippen LogP contribution < -0.4 is 4.72 Å². The molecule has 2 heterocycles. The van der Waals surface area contributed by atoms with E-state index < -0.39 is 10.0 Å². The van der Waals surface area contributed by atoms with Gasteiger partial charge in [-0.05, 0) is 41.8 Å². The summed E-state index contributed by atoms with van der Waals surface area (Å²) in [5.74, 6) is -0.172. The molecule has 34 heavy (non-hydrogen) atoms. The Morgan fingerprint density at radius 3 is 2.56 bits per heavy atom. The number of carbonyl (C=O) groups is 1. The summed E-state index contributed by atoms with van der Waals surface area (Å²) in [6.07, 6.45) is 4.84. The highest BCUT2D eigenvalue weighted by molar-refractivity contribution is 7.89. The fourth-order valence-electron chi connectivity index (χ4n) is 4.27. The quantitative estimate of drug-likeness (QED) is 0.432. The number of H-pyrrole nitrogens is 1. The van der Waals surface area contributed by atoms with Gasteiger partial charge in [-0.15, -0.1) is 0 Å². The summed E-state index contributed by atoms with van der Waals surface area (Å²) in [5, 5.41) is 1.18. The Hall–Kier alpha value is -3.68. The van der Waals surface area contributed by atoms with E-state index in [0.717, 1.165) is 17.5 Å². The van der Waals surface area contributed by atoms with Crippen molar-refractivity contribution in [3.8, 4) is 0 Å². The number of nitrogens with zero attached hydrogens (tertiary/aromatic N) is 1. The molecule has 5 rings (SSSR count). The second-order valence-electron chi connectivity index (χ2n) is 8.32. The van der Waals surface area contributed by atoms with Crippen LogP contribution in [0.4, 0.5) is 0 Å². The minimum atomic E-state index is -3.74. The molecule has 172 valence electrons. The molecule has 0 saturated heterocycles. The molecule has 0 atom stereocenters. The summed E-state index contributed by atoms with van der Waals surface area (Å²) in [6.45, 7) is 1.25. The maximum Gasteiger partial charge on any atom is 0.254 e. The van der Waals surface area contributed by atoms with Gasteiger partial charge in [-0.2, -0.15) is 0 Å². The van der Waals surface area contributed by atoms with Crippen molar-refractivity contribution in [3.63, 3.8) is 0 Å². The van der Waals surface area contributed by atoms with Crippen LogP contribution in [0, 0.1) is 0 Å². The van der Waals surface area contributed by atoms with E-state index in [4.69, 9.17) is 0 Å². The molecule has 0 radical (unpaired) electrons. The van der Waals surface area contributed by atoms with E-state index in [1.807, 2.05) is 54.7 Å². The highest BCUT2D eigenvalue weighted by Crippen LogP contribution is 2.29.